The number of carbonyl (C=O) groups excluding carboxylic acids is 1. The van der Waals surface area contributed by atoms with Gasteiger partial charge in [0.1, 0.15) is 17.4 Å². The van der Waals surface area contributed by atoms with E-state index in [2.05, 4.69) is 21.2 Å². The molecule has 0 radical (unpaired) electrons. The van der Waals surface area contributed by atoms with Gasteiger partial charge in [0.25, 0.3) is 5.91 Å². The highest BCUT2D eigenvalue weighted by atomic mass is 79.9. The van der Waals surface area contributed by atoms with Gasteiger partial charge in [-0.2, -0.15) is 5.26 Å². The molecule has 116 valence electrons. The van der Waals surface area contributed by atoms with Gasteiger partial charge < -0.3 is 10.1 Å². The third-order valence-corrected chi connectivity index (χ3v) is 4.41. The van der Waals surface area contributed by atoms with Crippen LogP contribution < -0.4 is 10.1 Å². The zero-order valence-corrected chi connectivity index (χ0v) is 14.1. The number of benzene rings is 1. The average molecular weight is 363 g/mol. The van der Waals surface area contributed by atoms with Crippen LogP contribution in [0.15, 0.2) is 28.2 Å². The Hall–Kier alpha value is -1.80. The molecule has 0 bridgehead atoms. The zero-order valence-electron chi connectivity index (χ0n) is 12.6. The molecule has 1 saturated carbocycles. The van der Waals surface area contributed by atoms with Crippen LogP contribution >= 0.6 is 15.9 Å². The van der Waals surface area contributed by atoms with Gasteiger partial charge in [-0.3, -0.25) is 4.79 Å². The molecule has 5 heteroatoms. The van der Waals surface area contributed by atoms with Crippen molar-refractivity contribution in [2.75, 3.05) is 7.11 Å². The summed E-state index contributed by atoms with van der Waals surface area (Å²) < 4.78 is 5.95. The largest absolute Gasteiger partial charge is 0.496 e. The molecule has 2 rings (SSSR count). The van der Waals surface area contributed by atoms with Crippen molar-refractivity contribution < 1.29 is 9.53 Å². The number of ether oxygens (including phenoxy) is 1. The van der Waals surface area contributed by atoms with E-state index >= 15 is 0 Å². The van der Waals surface area contributed by atoms with Crippen molar-refractivity contribution >= 4 is 27.9 Å². The van der Waals surface area contributed by atoms with E-state index in [1.807, 2.05) is 18.2 Å². The topological polar surface area (TPSA) is 62.1 Å². The van der Waals surface area contributed by atoms with E-state index in [0.29, 0.717) is 5.75 Å². The number of amides is 1. The lowest BCUT2D eigenvalue weighted by molar-refractivity contribution is -0.117. The molecule has 22 heavy (non-hydrogen) atoms. The van der Waals surface area contributed by atoms with Crippen molar-refractivity contribution in [2.45, 2.75) is 38.1 Å². The number of carbonyl (C=O) groups is 1. The molecule has 0 heterocycles. The number of nitrogens with zero attached hydrogens (tertiary/aromatic N) is 1. The SMILES string of the molecule is COc1ccc(/C=C(\C#N)C(=O)NC2CCCCC2)cc1Br. The van der Waals surface area contributed by atoms with Gasteiger partial charge in [0.15, 0.2) is 0 Å². The molecule has 0 atom stereocenters. The first-order chi connectivity index (χ1) is 10.6. The van der Waals surface area contributed by atoms with Crippen molar-refractivity contribution in [3.05, 3.63) is 33.8 Å². The summed E-state index contributed by atoms with van der Waals surface area (Å²) in [6, 6.07) is 7.62. The van der Waals surface area contributed by atoms with Crippen molar-refractivity contribution in [1.29, 1.82) is 5.26 Å². The molecule has 0 aromatic heterocycles. The Morgan fingerprint density at radius 2 is 2.14 bits per heavy atom. The number of halogens is 1. The van der Waals surface area contributed by atoms with Crippen LogP contribution in [-0.4, -0.2) is 19.1 Å². The summed E-state index contributed by atoms with van der Waals surface area (Å²) in [5.41, 5.74) is 0.908. The second-order valence-corrected chi connectivity index (χ2v) is 6.23. The summed E-state index contributed by atoms with van der Waals surface area (Å²) in [5.74, 6) is 0.420. The van der Waals surface area contributed by atoms with Gasteiger partial charge in [0.2, 0.25) is 0 Å². The molecule has 0 unspecified atom stereocenters. The number of hydrogen-bond donors (Lipinski definition) is 1. The van der Waals surface area contributed by atoms with Gasteiger partial charge in [-0.25, -0.2) is 0 Å². The van der Waals surface area contributed by atoms with Gasteiger partial charge in [-0.1, -0.05) is 25.3 Å². The number of nitrogens with one attached hydrogen (secondary N) is 1. The van der Waals surface area contributed by atoms with Crippen molar-refractivity contribution in [3.8, 4) is 11.8 Å². The van der Waals surface area contributed by atoms with E-state index in [1.165, 1.54) is 6.42 Å². The van der Waals surface area contributed by atoms with E-state index in [-0.39, 0.29) is 17.5 Å². The molecule has 1 N–H and O–H groups in total. The number of rotatable bonds is 4. The Bertz CT molecular complexity index is 614. The number of hydrogen-bond acceptors (Lipinski definition) is 3. The van der Waals surface area contributed by atoms with E-state index in [4.69, 9.17) is 4.74 Å². The minimum absolute atomic E-state index is 0.127. The summed E-state index contributed by atoms with van der Waals surface area (Å²) in [7, 11) is 1.59. The smallest absolute Gasteiger partial charge is 0.262 e. The Balaban J connectivity index is 2.11. The third-order valence-electron chi connectivity index (χ3n) is 3.79. The summed E-state index contributed by atoms with van der Waals surface area (Å²) in [4.78, 5) is 12.2. The van der Waals surface area contributed by atoms with Crippen LogP contribution in [0.4, 0.5) is 0 Å². The molecule has 1 aliphatic rings. The minimum Gasteiger partial charge on any atom is -0.496 e. The Morgan fingerprint density at radius 3 is 2.73 bits per heavy atom. The summed E-state index contributed by atoms with van der Waals surface area (Å²) in [6.07, 6.45) is 7.11. The van der Waals surface area contributed by atoms with Crippen LogP contribution in [-0.2, 0) is 4.79 Å². The lowest BCUT2D eigenvalue weighted by Gasteiger charge is -2.22. The third kappa shape index (κ3) is 4.35. The first-order valence-corrected chi connectivity index (χ1v) is 8.19. The van der Waals surface area contributed by atoms with Gasteiger partial charge in [-0.05, 0) is 52.5 Å². The van der Waals surface area contributed by atoms with Crippen LogP contribution in [0.5, 0.6) is 5.75 Å². The standard InChI is InChI=1S/C17H19BrN2O2/c1-22-16-8-7-12(10-15(16)18)9-13(11-19)17(21)20-14-5-3-2-4-6-14/h7-10,14H,2-6H2,1H3,(H,20,21)/b13-9+. The summed E-state index contributed by atoms with van der Waals surface area (Å²) >= 11 is 3.40. The lowest BCUT2D eigenvalue weighted by atomic mass is 9.95. The lowest BCUT2D eigenvalue weighted by Crippen LogP contribution is -2.36. The predicted octanol–water partition coefficient (Wildman–Crippen LogP) is 3.81. The normalized spacial score (nSPS) is 16.0. The molecule has 1 fully saturated rings. The van der Waals surface area contributed by atoms with Crippen LogP contribution in [0.25, 0.3) is 6.08 Å². The molecule has 1 amide bonds. The minimum atomic E-state index is -0.290. The number of nitriles is 1. The predicted molar refractivity (Wildman–Crippen MR) is 89.3 cm³/mol. The molecule has 1 aromatic carbocycles. The van der Waals surface area contributed by atoms with Crippen molar-refractivity contribution in [1.82, 2.24) is 5.32 Å². The molecule has 0 saturated heterocycles. The van der Waals surface area contributed by atoms with Crippen molar-refractivity contribution in [2.24, 2.45) is 0 Å². The van der Waals surface area contributed by atoms with Gasteiger partial charge in [0, 0.05) is 6.04 Å². The van der Waals surface area contributed by atoms with E-state index in [9.17, 15) is 10.1 Å². The molecule has 1 aromatic rings. The Labute approximate surface area is 139 Å². The van der Waals surface area contributed by atoms with E-state index in [1.54, 1.807) is 19.3 Å². The maximum absolute atomic E-state index is 12.2. The van der Waals surface area contributed by atoms with Crippen LogP contribution in [0.2, 0.25) is 0 Å². The Kier molecular flexibility index (Phi) is 6.02. The highest BCUT2D eigenvalue weighted by molar-refractivity contribution is 9.10. The molecule has 0 spiro atoms. The molecule has 0 aliphatic heterocycles. The fraction of sp³-hybridized carbons (Fsp3) is 0.412. The molecule has 4 nitrogen and oxygen atoms in total. The fourth-order valence-electron chi connectivity index (χ4n) is 2.60. The highest BCUT2D eigenvalue weighted by Gasteiger charge is 2.18. The first-order valence-electron chi connectivity index (χ1n) is 7.40. The second-order valence-electron chi connectivity index (χ2n) is 5.37. The zero-order chi connectivity index (χ0) is 15.9. The summed E-state index contributed by atoms with van der Waals surface area (Å²) in [6.45, 7) is 0. The van der Waals surface area contributed by atoms with Crippen molar-refractivity contribution in [3.63, 3.8) is 0 Å². The Morgan fingerprint density at radius 1 is 1.41 bits per heavy atom. The van der Waals surface area contributed by atoms with Crippen LogP contribution in [0.3, 0.4) is 0 Å². The monoisotopic (exact) mass is 362 g/mol. The average Bonchev–Trinajstić information content (AvgIpc) is 2.53. The maximum atomic E-state index is 12.2. The number of methoxy groups -OCH3 is 1. The van der Waals surface area contributed by atoms with Crippen LogP contribution in [0, 0.1) is 11.3 Å². The van der Waals surface area contributed by atoms with Gasteiger partial charge in [0.05, 0.1) is 11.6 Å². The molecular weight excluding hydrogens is 344 g/mol. The van der Waals surface area contributed by atoms with Crippen LogP contribution in [0.1, 0.15) is 37.7 Å². The highest BCUT2D eigenvalue weighted by Crippen LogP contribution is 2.26. The van der Waals surface area contributed by atoms with Gasteiger partial charge >= 0.3 is 0 Å². The van der Waals surface area contributed by atoms with E-state index in [0.717, 1.165) is 35.7 Å². The fourth-order valence-corrected chi connectivity index (χ4v) is 3.16. The van der Waals surface area contributed by atoms with Gasteiger partial charge in [-0.15, -0.1) is 0 Å². The molecular formula is C17H19BrN2O2. The van der Waals surface area contributed by atoms with E-state index < -0.39 is 0 Å². The summed E-state index contributed by atoms with van der Waals surface area (Å²) in [5, 5.41) is 12.2. The first kappa shape index (κ1) is 16.6. The molecule has 1 aliphatic carbocycles. The quantitative estimate of drug-likeness (QED) is 0.654. The maximum Gasteiger partial charge on any atom is 0.262 e. The second kappa shape index (κ2) is 8.00.